The Morgan fingerprint density at radius 3 is 2.85 bits per heavy atom. The first-order valence-corrected chi connectivity index (χ1v) is 10.9. The Bertz CT molecular complexity index is 824. The zero-order chi connectivity index (χ0) is 18.4. The van der Waals surface area contributed by atoms with Crippen LogP contribution in [0.3, 0.4) is 0 Å². The number of aromatic amines is 1. The van der Waals surface area contributed by atoms with Crippen LogP contribution in [0.4, 0.5) is 5.13 Å². The molecule has 1 aliphatic heterocycles. The molecular weight excluding hydrogens is 360 g/mol. The highest BCUT2D eigenvalue weighted by Crippen LogP contribution is 2.38. The van der Waals surface area contributed by atoms with E-state index >= 15 is 0 Å². The molecule has 7 nitrogen and oxygen atoms in total. The van der Waals surface area contributed by atoms with Gasteiger partial charge in [-0.25, -0.2) is 9.97 Å². The van der Waals surface area contributed by atoms with Gasteiger partial charge in [0.15, 0.2) is 11.0 Å². The van der Waals surface area contributed by atoms with Crippen LogP contribution in [0.15, 0.2) is 5.38 Å². The molecule has 1 atom stereocenters. The van der Waals surface area contributed by atoms with E-state index in [9.17, 15) is 4.79 Å². The maximum absolute atomic E-state index is 11.9. The third-order valence-corrected chi connectivity index (χ3v) is 6.63. The third-order valence-electron chi connectivity index (χ3n) is 5.74. The van der Waals surface area contributed by atoms with Crippen LogP contribution in [0.2, 0.25) is 0 Å². The van der Waals surface area contributed by atoms with Crippen LogP contribution in [0, 0.1) is 0 Å². The number of hydrogen-bond donors (Lipinski definition) is 1. The van der Waals surface area contributed by atoms with Crippen LogP contribution in [-0.2, 0) is 11.3 Å². The lowest BCUT2D eigenvalue weighted by molar-refractivity contribution is -0.116. The molecule has 144 valence electrons. The van der Waals surface area contributed by atoms with Crippen molar-refractivity contribution in [2.24, 2.45) is 0 Å². The fraction of sp³-hybridized carbons (Fsp3) is 0.684. The van der Waals surface area contributed by atoms with E-state index in [4.69, 9.17) is 9.97 Å². The van der Waals surface area contributed by atoms with Gasteiger partial charge in [0.25, 0.3) is 0 Å². The topological polar surface area (TPSA) is 78.0 Å². The zero-order valence-corrected chi connectivity index (χ0v) is 16.5. The molecule has 27 heavy (non-hydrogen) atoms. The predicted molar refractivity (Wildman–Crippen MR) is 104 cm³/mol. The van der Waals surface area contributed by atoms with E-state index in [-0.39, 0.29) is 5.91 Å². The Kier molecular flexibility index (Phi) is 4.47. The summed E-state index contributed by atoms with van der Waals surface area (Å²) in [7, 11) is 0. The molecule has 1 saturated heterocycles. The Labute approximate surface area is 163 Å². The van der Waals surface area contributed by atoms with Gasteiger partial charge in [-0.3, -0.25) is 19.7 Å². The van der Waals surface area contributed by atoms with E-state index in [2.05, 4.69) is 20.5 Å². The summed E-state index contributed by atoms with van der Waals surface area (Å²) in [6.07, 6.45) is 7.01. The maximum Gasteiger partial charge on any atom is 0.225 e. The minimum absolute atomic E-state index is 0.104. The average Bonchev–Trinajstić information content (AvgIpc) is 3.58. The number of nitrogens with one attached hydrogen (secondary N) is 1. The smallest absolute Gasteiger partial charge is 0.225 e. The van der Waals surface area contributed by atoms with Crippen molar-refractivity contribution in [2.75, 3.05) is 18.0 Å². The molecule has 0 spiro atoms. The molecule has 0 bridgehead atoms. The second kappa shape index (κ2) is 6.98. The van der Waals surface area contributed by atoms with Crippen molar-refractivity contribution in [1.29, 1.82) is 0 Å². The lowest BCUT2D eigenvalue weighted by Crippen LogP contribution is -2.34. The number of carbonyl (C=O) groups is 1. The number of hydrogen-bond acceptors (Lipinski definition) is 6. The van der Waals surface area contributed by atoms with Crippen molar-refractivity contribution >= 4 is 22.4 Å². The van der Waals surface area contributed by atoms with Crippen molar-refractivity contribution in [3.8, 4) is 0 Å². The highest BCUT2D eigenvalue weighted by Gasteiger charge is 2.34. The SMILES string of the molecule is CC(=O)N(c1nc(CN2CCC[C@H](c3n[nH]c(C4CC4)n3)C2)cs1)C1CC1. The van der Waals surface area contributed by atoms with Crippen LogP contribution in [0.25, 0.3) is 0 Å². The highest BCUT2D eigenvalue weighted by molar-refractivity contribution is 7.14. The molecule has 2 aliphatic carbocycles. The van der Waals surface area contributed by atoms with Crippen LogP contribution < -0.4 is 4.90 Å². The number of likely N-dealkylation sites (tertiary alicyclic amines) is 1. The fourth-order valence-corrected chi connectivity index (χ4v) is 4.94. The van der Waals surface area contributed by atoms with Gasteiger partial charge < -0.3 is 0 Å². The number of rotatable bonds is 6. The Morgan fingerprint density at radius 1 is 1.26 bits per heavy atom. The summed E-state index contributed by atoms with van der Waals surface area (Å²) in [5.41, 5.74) is 1.07. The third kappa shape index (κ3) is 3.78. The highest BCUT2D eigenvalue weighted by atomic mass is 32.1. The number of H-pyrrole nitrogens is 1. The summed E-state index contributed by atoms with van der Waals surface area (Å²) >= 11 is 1.59. The van der Waals surface area contributed by atoms with Gasteiger partial charge in [0.05, 0.1) is 5.69 Å². The summed E-state index contributed by atoms with van der Waals surface area (Å²) in [5, 5.41) is 10.6. The lowest BCUT2D eigenvalue weighted by atomic mass is 9.97. The van der Waals surface area contributed by atoms with E-state index in [0.29, 0.717) is 17.9 Å². The van der Waals surface area contributed by atoms with E-state index < -0.39 is 0 Å². The lowest BCUT2D eigenvalue weighted by Gasteiger charge is -2.30. The molecule has 3 fully saturated rings. The maximum atomic E-state index is 11.9. The summed E-state index contributed by atoms with van der Waals surface area (Å²) in [6, 6.07) is 0.368. The van der Waals surface area contributed by atoms with E-state index in [1.54, 1.807) is 18.3 Å². The largest absolute Gasteiger partial charge is 0.297 e. The molecule has 3 heterocycles. The molecule has 1 N–H and O–H groups in total. The van der Waals surface area contributed by atoms with Gasteiger partial charge in [0.1, 0.15) is 5.82 Å². The zero-order valence-electron chi connectivity index (χ0n) is 15.7. The molecular formula is C19H26N6OS. The predicted octanol–water partition coefficient (Wildman–Crippen LogP) is 3.03. The van der Waals surface area contributed by atoms with Crippen LogP contribution in [0.5, 0.6) is 0 Å². The fourth-order valence-electron chi connectivity index (χ4n) is 4.01. The second-order valence-electron chi connectivity index (χ2n) is 8.17. The second-order valence-corrected chi connectivity index (χ2v) is 9.01. The van der Waals surface area contributed by atoms with E-state index in [1.165, 1.54) is 12.8 Å². The molecule has 3 aliphatic rings. The minimum atomic E-state index is 0.104. The molecule has 8 heteroatoms. The number of anilines is 1. The van der Waals surface area contributed by atoms with E-state index in [0.717, 1.165) is 67.8 Å². The normalized spacial score (nSPS) is 23.5. The molecule has 2 aromatic rings. The first kappa shape index (κ1) is 17.3. The molecule has 1 amide bonds. The molecule has 5 rings (SSSR count). The summed E-state index contributed by atoms with van der Waals surface area (Å²) in [4.78, 5) is 25.8. The molecule has 2 saturated carbocycles. The number of thiazole rings is 1. The van der Waals surface area contributed by atoms with Crippen molar-refractivity contribution < 1.29 is 4.79 Å². The number of amides is 1. The Balaban J connectivity index is 1.23. The van der Waals surface area contributed by atoms with Crippen LogP contribution in [-0.4, -0.2) is 50.1 Å². The Morgan fingerprint density at radius 2 is 2.11 bits per heavy atom. The van der Waals surface area contributed by atoms with Gasteiger partial charge in [-0.05, 0) is 45.1 Å². The molecule has 0 unspecified atom stereocenters. The van der Waals surface area contributed by atoms with Gasteiger partial charge in [-0.1, -0.05) is 0 Å². The number of aromatic nitrogens is 4. The van der Waals surface area contributed by atoms with Crippen molar-refractivity contribution in [1.82, 2.24) is 25.1 Å². The molecule has 2 aromatic heterocycles. The van der Waals surface area contributed by atoms with Gasteiger partial charge in [0.2, 0.25) is 5.91 Å². The van der Waals surface area contributed by atoms with Crippen LogP contribution >= 0.6 is 11.3 Å². The summed E-state index contributed by atoms with van der Waals surface area (Å²) in [6.45, 7) is 4.54. The molecule has 0 aromatic carbocycles. The average molecular weight is 387 g/mol. The van der Waals surface area contributed by atoms with Gasteiger partial charge >= 0.3 is 0 Å². The standard InChI is InChI=1S/C19H26N6OS/c1-12(26)25(16-6-7-16)19-20-15(11-27-19)10-24-8-2-3-14(9-24)18-21-17(22-23-18)13-4-5-13/h11,13-14,16H,2-10H2,1H3,(H,21,22,23)/t14-/m0/s1. The minimum Gasteiger partial charge on any atom is -0.297 e. The van der Waals surface area contributed by atoms with Crippen molar-refractivity contribution in [2.45, 2.75) is 69.9 Å². The van der Waals surface area contributed by atoms with Gasteiger partial charge in [-0.15, -0.1) is 11.3 Å². The first-order valence-electron chi connectivity index (χ1n) is 10.1. The first-order chi connectivity index (χ1) is 13.2. The van der Waals surface area contributed by atoms with Crippen molar-refractivity contribution in [3.63, 3.8) is 0 Å². The van der Waals surface area contributed by atoms with E-state index in [1.807, 2.05) is 4.90 Å². The number of carbonyl (C=O) groups excluding carboxylic acids is 1. The molecule has 0 radical (unpaired) electrons. The number of nitrogens with zero attached hydrogens (tertiary/aromatic N) is 5. The summed E-state index contributed by atoms with van der Waals surface area (Å²) < 4.78 is 0. The summed E-state index contributed by atoms with van der Waals surface area (Å²) in [5.74, 6) is 3.19. The Hall–Kier alpha value is -1.80. The van der Waals surface area contributed by atoms with Gasteiger partial charge in [0, 0.05) is 43.3 Å². The quantitative estimate of drug-likeness (QED) is 0.826. The van der Waals surface area contributed by atoms with Crippen molar-refractivity contribution in [3.05, 3.63) is 22.7 Å². The number of piperidine rings is 1. The van der Waals surface area contributed by atoms with Crippen LogP contribution in [0.1, 0.15) is 74.6 Å². The monoisotopic (exact) mass is 386 g/mol. The van der Waals surface area contributed by atoms with Gasteiger partial charge in [-0.2, -0.15) is 5.10 Å².